The topological polar surface area (TPSA) is 54.0 Å². The molecule has 0 N–H and O–H groups in total. The molecule has 18 heavy (non-hydrogen) atoms. The van der Waals surface area contributed by atoms with Crippen LogP contribution in [0.4, 0.5) is 0 Å². The zero-order valence-corrected chi connectivity index (χ0v) is 9.94. The van der Waals surface area contributed by atoms with Gasteiger partial charge in [-0.3, -0.25) is 0 Å². The van der Waals surface area contributed by atoms with Crippen LogP contribution in [0, 0.1) is 0 Å². The Morgan fingerprint density at radius 3 is 2.72 bits per heavy atom. The quantitative estimate of drug-likeness (QED) is 0.734. The summed E-state index contributed by atoms with van der Waals surface area (Å²) in [6, 6.07) is 9.61. The molecule has 1 aromatic carbocycles. The van der Waals surface area contributed by atoms with Gasteiger partial charge in [0.25, 0.3) is 0 Å². The van der Waals surface area contributed by atoms with Gasteiger partial charge in [-0.05, 0) is 0 Å². The Morgan fingerprint density at radius 1 is 1.22 bits per heavy atom. The molecule has 2 aliphatic rings. The van der Waals surface area contributed by atoms with Gasteiger partial charge in [0, 0.05) is 12.7 Å². The second-order valence-electron chi connectivity index (χ2n) is 4.30. The van der Waals surface area contributed by atoms with E-state index in [4.69, 9.17) is 18.9 Å². The molecular weight excluding hydrogens is 236 g/mol. The number of esters is 1. The van der Waals surface area contributed by atoms with Gasteiger partial charge in [0.2, 0.25) is 0 Å². The molecule has 0 bridgehead atoms. The highest BCUT2D eigenvalue weighted by Crippen LogP contribution is 2.35. The number of carbonyl (C=O) groups excluding carboxylic acids is 1. The molecule has 0 radical (unpaired) electrons. The minimum Gasteiger partial charge on any atom is -0.461 e. The van der Waals surface area contributed by atoms with Gasteiger partial charge < -0.3 is 18.9 Å². The fraction of sp³-hybridized carbons (Fsp3) is 0.462. The standard InChI is InChI=1S/C13H14O5/c1-15-11-10-9(7-16-12(11)14)17-13(18-10)8-5-3-2-4-6-8/h2-6,9-11,13H,7H2,1H3/t9-,10-,11-,13-/m1/s1. The predicted molar refractivity (Wildman–Crippen MR) is 60.7 cm³/mol. The summed E-state index contributed by atoms with van der Waals surface area (Å²) in [5.41, 5.74) is 0.925. The van der Waals surface area contributed by atoms with Crippen molar-refractivity contribution in [2.75, 3.05) is 13.7 Å². The molecule has 0 amide bonds. The van der Waals surface area contributed by atoms with Crippen molar-refractivity contribution in [1.82, 2.24) is 0 Å². The zero-order valence-electron chi connectivity index (χ0n) is 9.94. The van der Waals surface area contributed by atoms with Crippen molar-refractivity contribution in [1.29, 1.82) is 0 Å². The molecule has 4 atom stereocenters. The second kappa shape index (κ2) is 4.68. The maximum Gasteiger partial charge on any atom is 0.338 e. The lowest BCUT2D eigenvalue weighted by molar-refractivity contribution is -0.176. The van der Waals surface area contributed by atoms with Crippen LogP contribution >= 0.6 is 0 Å². The highest BCUT2D eigenvalue weighted by atomic mass is 16.8. The van der Waals surface area contributed by atoms with Gasteiger partial charge >= 0.3 is 5.97 Å². The van der Waals surface area contributed by atoms with Gasteiger partial charge in [0.15, 0.2) is 12.4 Å². The van der Waals surface area contributed by atoms with Crippen LogP contribution in [0.2, 0.25) is 0 Å². The van der Waals surface area contributed by atoms with Crippen molar-refractivity contribution < 1.29 is 23.7 Å². The Labute approximate surface area is 105 Å². The zero-order chi connectivity index (χ0) is 12.5. The lowest BCUT2D eigenvalue weighted by Crippen LogP contribution is -2.49. The number of ether oxygens (including phenoxy) is 4. The van der Waals surface area contributed by atoms with Gasteiger partial charge in [0.1, 0.15) is 18.8 Å². The second-order valence-corrected chi connectivity index (χ2v) is 4.30. The summed E-state index contributed by atoms with van der Waals surface area (Å²) in [5, 5.41) is 0. The summed E-state index contributed by atoms with van der Waals surface area (Å²) in [7, 11) is 1.47. The number of hydrogen-bond acceptors (Lipinski definition) is 5. The van der Waals surface area contributed by atoms with Crippen LogP contribution in [0.3, 0.4) is 0 Å². The SMILES string of the molecule is CO[C@H]1C(=O)OC[C@H]2O[C@@H](c3ccccc3)O[C@H]21. The first-order valence-corrected chi connectivity index (χ1v) is 5.85. The van der Waals surface area contributed by atoms with Crippen LogP contribution in [-0.4, -0.2) is 38.0 Å². The molecule has 2 saturated heterocycles. The van der Waals surface area contributed by atoms with Crippen LogP contribution in [0.5, 0.6) is 0 Å². The molecule has 2 heterocycles. The monoisotopic (exact) mass is 250 g/mol. The van der Waals surface area contributed by atoms with E-state index in [-0.39, 0.29) is 12.7 Å². The van der Waals surface area contributed by atoms with Gasteiger partial charge in [-0.15, -0.1) is 0 Å². The average Bonchev–Trinajstić information content (AvgIpc) is 2.84. The summed E-state index contributed by atoms with van der Waals surface area (Å²) in [5.74, 6) is -0.393. The van der Waals surface area contributed by atoms with E-state index in [1.54, 1.807) is 0 Å². The maximum absolute atomic E-state index is 11.5. The van der Waals surface area contributed by atoms with Crippen molar-refractivity contribution in [3.8, 4) is 0 Å². The van der Waals surface area contributed by atoms with Crippen LogP contribution in [-0.2, 0) is 23.7 Å². The van der Waals surface area contributed by atoms with Gasteiger partial charge in [-0.25, -0.2) is 4.79 Å². The number of hydrogen-bond donors (Lipinski definition) is 0. The molecule has 2 aliphatic heterocycles. The first-order chi connectivity index (χ1) is 8.79. The van der Waals surface area contributed by atoms with E-state index in [2.05, 4.69) is 0 Å². The fourth-order valence-electron chi connectivity index (χ4n) is 2.28. The molecule has 0 saturated carbocycles. The smallest absolute Gasteiger partial charge is 0.338 e. The van der Waals surface area contributed by atoms with E-state index in [0.29, 0.717) is 0 Å². The Morgan fingerprint density at radius 2 is 2.00 bits per heavy atom. The highest BCUT2D eigenvalue weighted by molar-refractivity contribution is 5.76. The molecule has 5 nitrogen and oxygen atoms in total. The van der Waals surface area contributed by atoms with Crippen molar-refractivity contribution in [3.63, 3.8) is 0 Å². The molecule has 5 heteroatoms. The lowest BCUT2D eigenvalue weighted by atomic mass is 10.1. The summed E-state index contributed by atoms with van der Waals surface area (Å²) < 4.78 is 21.7. The van der Waals surface area contributed by atoms with Crippen LogP contribution in [0.25, 0.3) is 0 Å². The normalized spacial score (nSPS) is 35.1. The van der Waals surface area contributed by atoms with Gasteiger partial charge in [0.05, 0.1) is 0 Å². The number of methoxy groups -OCH3 is 1. The van der Waals surface area contributed by atoms with E-state index >= 15 is 0 Å². The molecule has 3 rings (SSSR count). The molecule has 0 unspecified atom stereocenters. The first-order valence-electron chi connectivity index (χ1n) is 5.85. The van der Waals surface area contributed by atoms with E-state index in [1.807, 2.05) is 30.3 Å². The van der Waals surface area contributed by atoms with Crippen molar-refractivity contribution in [2.24, 2.45) is 0 Å². The van der Waals surface area contributed by atoms with Crippen LogP contribution in [0.15, 0.2) is 30.3 Å². The molecule has 1 aromatic rings. The maximum atomic E-state index is 11.5. The average molecular weight is 250 g/mol. The Hall–Kier alpha value is -1.43. The third-order valence-corrected chi connectivity index (χ3v) is 3.19. The third kappa shape index (κ3) is 1.90. The van der Waals surface area contributed by atoms with E-state index in [1.165, 1.54) is 7.11 Å². The Bertz CT molecular complexity index is 432. The van der Waals surface area contributed by atoms with Crippen LogP contribution in [0.1, 0.15) is 11.9 Å². The Balaban J connectivity index is 1.79. The van der Waals surface area contributed by atoms with Crippen molar-refractivity contribution in [3.05, 3.63) is 35.9 Å². The number of fused-ring (bicyclic) bond motifs is 1. The molecular formula is C13H14O5. The number of rotatable bonds is 2. The number of benzene rings is 1. The Kier molecular flexibility index (Phi) is 3.03. The van der Waals surface area contributed by atoms with Gasteiger partial charge in [-0.2, -0.15) is 0 Å². The number of cyclic esters (lactones) is 1. The molecule has 0 aromatic heterocycles. The summed E-state index contributed by atoms with van der Waals surface area (Å²) in [4.78, 5) is 11.5. The van der Waals surface area contributed by atoms with Crippen molar-refractivity contribution in [2.45, 2.75) is 24.6 Å². The first kappa shape index (κ1) is 11.6. The van der Waals surface area contributed by atoms with E-state index < -0.39 is 24.5 Å². The molecule has 96 valence electrons. The molecule has 2 fully saturated rings. The highest BCUT2D eigenvalue weighted by Gasteiger charge is 2.49. The van der Waals surface area contributed by atoms with Gasteiger partial charge in [-0.1, -0.05) is 30.3 Å². The van der Waals surface area contributed by atoms with Crippen molar-refractivity contribution >= 4 is 5.97 Å². The predicted octanol–water partition coefficient (Wildman–Crippen LogP) is 1.04. The largest absolute Gasteiger partial charge is 0.461 e. The minimum absolute atomic E-state index is 0.215. The molecule has 0 aliphatic carbocycles. The van der Waals surface area contributed by atoms with E-state index in [9.17, 15) is 4.79 Å². The minimum atomic E-state index is -0.711. The van der Waals surface area contributed by atoms with E-state index in [0.717, 1.165) is 5.56 Å². The fourth-order valence-corrected chi connectivity index (χ4v) is 2.28. The third-order valence-electron chi connectivity index (χ3n) is 3.19. The summed E-state index contributed by atoms with van der Waals surface area (Å²) in [6.07, 6.45) is -1.84. The van der Waals surface area contributed by atoms with Crippen LogP contribution < -0.4 is 0 Å². The molecule has 0 spiro atoms. The summed E-state index contributed by atoms with van der Waals surface area (Å²) >= 11 is 0. The summed E-state index contributed by atoms with van der Waals surface area (Å²) in [6.45, 7) is 0.215. The lowest BCUT2D eigenvalue weighted by Gasteiger charge is -2.28. The number of carbonyl (C=O) groups is 1.